The van der Waals surface area contributed by atoms with E-state index >= 15 is 0 Å². The minimum absolute atomic E-state index is 0.0327. The lowest BCUT2D eigenvalue weighted by Crippen LogP contribution is -2.65. The number of esters is 3. The third-order valence-electron chi connectivity index (χ3n) is 18.0. The van der Waals surface area contributed by atoms with Gasteiger partial charge in [-0.25, -0.2) is 9.59 Å². The number of allylic oxidation sites excluding steroid dienone is 2. The van der Waals surface area contributed by atoms with Gasteiger partial charge in [-0.3, -0.25) is 9.59 Å². The van der Waals surface area contributed by atoms with Gasteiger partial charge in [-0.2, -0.15) is 0 Å². The summed E-state index contributed by atoms with van der Waals surface area (Å²) in [5, 5.41) is 131. The summed E-state index contributed by atoms with van der Waals surface area (Å²) < 4.78 is 75.5. The molecule has 0 aromatic heterocycles. The van der Waals surface area contributed by atoms with E-state index in [9.17, 15) is 75.3 Å². The van der Waals surface area contributed by atoms with Gasteiger partial charge in [-0.15, -0.1) is 0 Å². The van der Waals surface area contributed by atoms with Gasteiger partial charge in [0, 0.05) is 52.2 Å². The van der Waals surface area contributed by atoms with Crippen molar-refractivity contribution in [3.63, 3.8) is 0 Å². The fourth-order valence-corrected chi connectivity index (χ4v) is 13.2. The minimum Gasteiger partial charge on any atom is -0.481 e. The number of aliphatic carboxylic acids is 1. The van der Waals surface area contributed by atoms with Crippen molar-refractivity contribution >= 4 is 23.9 Å². The first-order valence-electron chi connectivity index (χ1n) is 29.3. The number of carboxylic acid groups (broad SMARTS) is 1. The number of aliphatic hydroxyl groups is 13. The maximum Gasteiger partial charge on any atom is 0.330 e. The van der Waals surface area contributed by atoms with Gasteiger partial charge in [-0.05, 0) is 76.0 Å². The molecule has 13 N–H and O–H groups in total. The molecule has 85 heavy (non-hydrogen) atoms. The lowest BCUT2D eigenvalue weighted by atomic mass is 9.73. The normalized spacial score (nSPS) is 45.4. The fourth-order valence-electron chi connectivity index (χ4n) is 13.2. The Morgan fingerprint density at radius 1 is 0.518 bits per heavy atom. The van der Waals surface area contributed by atoms with Crippen LogP contribution in [-0.4, -0.2) is 284 Å². The van der Waals surface area contributed by atoms with Crippen LogP contribution in [0.5, 0.6) is 0 Å². The summed E-state index contributed by atoms with van der Waals surface area (Å²) in [6.45, 7) is -1.94. The molecule has 25 atom stereocenters. The first kappa shape index (κ1) is 67.5. The van der Waals surface area contributed by atoms with E-state index in [2.05, 4.69) is 0 Å². The highest BCUT2D eigenvalue weighted by Gasteiger charge is 2.58. The van der Waals surface area contributed by atoms with Crippen molar-refractivity contribution < 1.29 is 142 Å². The molecule has 4 aliphatic heterocycles. The molecule has 29 heteroatoms. The van der Waals surface area contributed by atoms with Crippen LogP contribution in [0, 0.1) is 23.7 Å². The highest BCUT2D eigenvalue weighted by atomic mass is 16.8. The van der Waals surface area contributed by atoms with Crippen molar-refractivity contribution in [1.82, 2.24) is 0 Å². The zero-order valence-corrected chi connectivity index (χ0v) is 47.7. The molecule has 8 aliphatic rings. The molecule has 4 saturated heterocycles. The number of carboxylic acids is 1. The van der Waals surface area contributed by atoms with Crippen LogP contribution in [0.15, 0.2) is 24.3 Å². The Bertz CT molecular complexity index is 2200. The van der Waals surface area contributed by atoms with Crippen LogP contribution in [0.4, 0.5) is 0 Å². The Hall–Kier alpha value is -3.48. The average molecular weight is 1220 g/mol. The van der Waals surface area contributed by atoms with E-state index in [0.29, 0.717) is 57.8 Å². The number of fused-ring (bicyclic) bond motifs is 1. The van der Waals surface area contributed by atoms with Gasteiger partial charge in [0.05, 0.1) is 55.3 Å². The molecule has 0 spiro atoms. The lowest BCUT2D eigenvalue weighted by Gasteiger charge is -2.50. The van der Waals surface area contributed by atoms with Gasteiger partial charge in [0.2, 0.25) is 0 Å². The average Bonchev–Trinajstić information content (AvgIpc) is 3.63. The molecule has 0 aromatic rings. The number of carbonyl (C=O) groups excluding carboxylic acids is 3. The fraction of sp³-hybridized carbons (Fsp3) is 0.857. The molecule has 11 unspecified atom stereocenters. The summed E-state index contributed by atoms with van der Waals surface area (Å²) >= 11 is 0. The van der Waals surface area contributed by atoms with Gasteiger partial charge in [0.15, 0.2) is 37.2 Å². The standard InChI is InChI=1S/C56H86O29/c1-73-34-14-24(4-11-30(34)59)5-12-41(63)76-22-39-47(69)49(71)53(85-55-52(44(66)31(60)21-78-55)84-42(64)13-6-25-15-35(74-2)45(67)36(16-25)75-3)56(83-39)81-37-19-29-32(79-51(37)26-7-9-27(57)10-8-26)17-28(58)18-33(29)80-54-50(72)48(70)46(68)38(82-54)23-77-43(65)20-40(61)62/h5-6,12-13,24-39,44-60,66-72H,4,7-11,14-23H2,1-3H3,(H,61,62)/p+1/t24?,25?,26?,27?,28?,29?,30?,31-,32?,33?,34?,35?,36?,37?,38-,39-,44+,45?,46-,47-,48+,49+,50-,51?,52-,53-,54-,55+,56-/m1/s1. The zero-order valence-electron chi connectivity index (χ0n) is 47.7. The summed E-state index contributed by atoms with van der Waals surface area (Å²) in [6.07, 6.45) is -24.7. The summed E-state index contributed by atoms with van der Waals surface area (Å²) in [7, 11) is 4.35. The number of ether oxygens (including phenoxy) is 13. The molecule has 0 bridgehead atoms. The highest BCUT2D eigenvalue weighted by Crippen LogP contribution is 2.45. The van der Waals surface area contributed by atoms with E-state index in [-0.39, 0.29) is 37.0 Å². The zero-order chi connectivity index (χ0) is 61.4. The largest absolute Gasteiger partial charge is 0.481 e. The molecule has 0 radical (unpaired) electrons. The molecule has 0 amide bonds. The van der Waals surface area contributed by atoms with Gasteiger partial charge in [0.25, 0.3) is 0 Å². The van der Waals surface area contributed by atoms with Crippen LogP contribution >= 0.6 is 0 Å². The van der Waals surface area contributed by atoms with Crippen molar-refractivity contribution in [2.24, 2.45) is 23.7 Å². The lowest BCUT2D eigenvalue weighted by molar-refractivity contribution is -0.385. The van der Waals surface area contributed by atoms with Crippen LogP contribution in [-0.2, 0) is 76.0 Å². The molecule has 4 aliphatic carbocycles. The molecule has 8 rings (SSSR count). The smallest absolute Gasteiger partial charge is 0.330 e. The van der Waals surface area contributed by atoms with Gasteiger partial charge < -0.3 is 123 Å². The molecular weight excluding hydrogens is 1140 g/mol. The number of carbonyl (C=O) groups is 4. The van der Waals surface area contributed by atoms with E-state index < -0.39 is 209 Å². The van der Waals surface area contributed by atoms with Gasteiger partial charge >= 0.3 is 23.9 Å². The third-order valence-corrected chi connectivity index (χ3v) is 18.0. The molecule has 4 saturated carbocycles. The second-order valence-electron chi connectivity index (χ2n) is 23.7. The Labute approximate surface area is 490 Å². The Balaban J connectivity index is 1.06. The molecular formula is C56H87O29+. The Morgan fingerprint density at radius 3 is 1.80 bits per heavy atom. The van der Waals surface area contributed by atoms with Crippen molar-refractivity contribution in [3.05, 3.63) is 24.3 Å². The molecule has 0 aromatic carbocycles. The molecule has 29 nitrogen and oxygen atoms in total. The van der Waals surface area contributed by atoms with Gasteiger partial charge in [-0.1, -0.05) is 12.2 Å². The van der Waals surface area contributed by atoms with Crippen molar-refractivity contribution in [3.8, 4) is 0 Å². The highest BCUT2D eigenvalue weighted by molar-refractivity contribution is 5.90. The van der Waals surface area contributed by atoms with E-state index in [1.165, 1.54) is 33.5 Å². The van der Waals surface area contributed by atoms with E-state index in [4.69, 9.17) is 66.7 Å². The summed E-state index contributed by atoms with van der Waals surface area (Å²) in [4.78, 5) is 50.0. The Morgan fingerprint density at radius 2 is 1.13 bits per heavy atom. The number of hydrogen-bond acceptors (Lipinski definition) is 27. The van der Waals surface area contributed by atoms with Crippen LogP contribution in [0.1, 0.15) is 83.5 Å². The summed E-state index contributed by atoms with van der Waals surface area (Å²) in [6, 6.07) is 0. The van der Waals surface area contributed by atoms with Crippen molar-refractivity contribution in [1.29, 1.82) is 0 Å². The number of hydrogen-bond donors (Lipinski definition) is 12. The maximum atomic E-state index is 13.6. The summed E-state index contributed by atoms with van der Waals surface area (Å²) in [5.41, 5.74) is 0. The van der Waals surface area contributed by atoms with Crippen LogP contribution in [0.25, 0.3) is 0 Å². The predicted octanol–water partition coefficient (Wildman–Crippen LogP) is -3.97. The third kappa shape index (κ3) is 17.1. The van der Waals surface area contributed by atoms with Crippen LogP contribution in [0.3, 0.4) is 0 Å². The molecule has 4 heterocycles. The number of aliphatic hydroxyl groups excluding tert-OH is 11. The van der Waals surface area contributed by atoms with Crippen molar-refractivity contribution in [2.75, 3.05) is 41.2 Å². The second kappa shape index (κ2) is 30.8. The monoisotopic (exact) mass is 1220 g/mol. The van der Waals surface area contributed by atoms with Crippen LogP contribution in [0.2, 0.25) is 0 Å². The Kier molecular flexibility index (Phi) is 24.5. The summed E-state index contributed by atoms with van der Waals surface area (Å²) in [5.74, 6) is -5.88. The first-order valence-corrected chi connectivity index (χ1v) is 29.3. The first-order chi connectivity index (χ1) is 40.5. The quantitative estimate of drug-likeness (QED) is 0.0171. The minimum atomic E-state index is -1.98. The predicted molar refractivity (Wildman–Crippen MR) is 282 cm³/mol. The second-order valence-corrected chi connectivity index (χ2v) is 23.7. The number of rotatable bonds is 21. The van der Waals surface area contributed by atoms with E-state index in [1.54, 1.807) is 6.08 Å². The van der Waals surface area contributed by atoms with Crippen LogP contribution < -0.4 is 0 Å². The molecule has 8 fully saturated rings. The van der Waals surface area contributed by atoms with E-state index in [0.717, 1.165) is 6.08 Å². The SMILES string of the molecule is COC1CC(C=CC(=O)OC[C@H]2O[C@@H](OC3CC4C(O[C@@H]5O[C@H](COC(=O)CC(=O)O)[C@@H](O)[C@H](O)[C@H]5O)CC(O)CC4[OH+]C3C3CCC(O)CC3)[C@H](O[C@@H]3OC[C@@H](O)[C@H](O)[C@H]3OC(=O)C=CC3CC(OC)C(O)C(OC)C3)[C@@H](O)[C@@H]2O)CCC1O. The topological polar surface area (TPSA) is 435 Å². The maximum absolute atomic E-state index is 13.6. The number of methoxy groups -OCH3 is 3. The molecule has 484 valence electrons. The van der Waals surface area contributed by atoms with Gasteiger partial charge in [0.1, 0.15) is 92.9 Å². The van der Waals surface area contributed by atoms with Crippen molar-refractivity contribution in [2.45, 2.75) is 237 Å². The van der Waals surface area contributed by atoms with E-state index in [1.807, 2.05) is 0 Å².